The van der Waals surface area contributed by atoms with Gasteiger partial charge in [-0.15, -0.1) is 0 Å². The first-order chi connectivity index (χ1) is 6.75. The highest BCUT2D eigenvalue weighted by molar-refractivity contribution is 9.10. The smallest absolute Gasteiger partial charge is 0.242 e. The van der Waals surface area contributed by atoms with Crippen molar-refractivity contribution in [1.29, 1.82) is 0 Å². The van der Waals surface area contributed by atoms with Crippen molar-refractivity contribution in [3.05, 3.63) is 21.8 Å². The van der Waals surface area contributed by atoms with E-state index in [1.807, 2.05) is 0 Å². The number of aromatic nitrogens is 1. The van der Waals surface area contributed by atoms with Crippen LogP contribution in [-0.4, -0.2) is 13.4 Å². The Morgan fingerprint density at radius 1 is 1.53 bits per heavy atom. The highest BCUT2D eigenvalue weighted by Crippen LogP contribution is 2.31. The Hall–Kier alpha value is -0.600. The third-order valence-corrected chi connectivity index (χ3v) is 3.44. The maximum absolute atomic E-state index is 12.6. The number of rotatable bonds is 2. The van der Waals surface area contributed by atoms with Gasteiger partial charge in [0.1, 0.15) is 0 Å². The van der Waals surface area contributed by atoms with Gasteiger partial charge in [0.25, 0.3) is 16.4 Å². The predicted molar refractivity (Wildman–Crippen MR) is 53.0 cm³/mol. The van der Waals surface area contributed by atoms with Crippen molar-refractivity contribution in [2.45, 2.75) is 18.4 Å². The van der Waals surface area contributed by atoms with Crippen LogP contribution in [0.2, 0.25) is 0 Å². The minimum absolute atomic E-state index is 0.115. The van der Waals surface area contributed by atoms with Crippen LogP contribution in [0.5, 0.6) is 0 Å². The molecule has 0 spiro atoms. The molecule has 84 valence electrons. The fraction of sp³-hybridized carbons (Fsp3) is 0.286. The van der Waals surface area contributed by atoms with E-state index in [0.717, 1.165) is 6.20 Å². The molecule has 1 aromatic rings. The molecule has 0 atom stereocenters. The number of hydrogen-bond donors (Lipinski definition) is 1. The zero-order chi connectivity index (χ0) is 11.8. The van der Waals surface area contributed by atoms with Crippen molar-refractivity contribution in [3.63, 3.8) is 0 Å². The first kappa shape index (κ1) is 12.5. The first-order valence-corrected chi connectivity index (χ1v) is 6.05. The summed E-state index contributed by atoms with van der Waals surface area (Å²) in [5, 5.41) is 4.00. The van der Waals surface area contributed by atoms with E-state index in [-0.39, 0.29) is 5.56 Å². The Kier molecular flexibility index (Phi) is 3.41. The van der Waals surface area contributed by atoms with Crippen molar-refractivity contribution in [3.8, 4) is 0 Å². The van der Waals surface area contributed by atoms with Crippen molar-refractivity contribution < 1.29 is 17.2 Å². The van der Waals surface area contributed by atoms with Crippen LogP contribution < -0.4 is 5.14 Å². The molecule has 0 aliphatic carbocycles. The molecule has 0 fully saturated rings. The number of halogens is 3. The lowest BCUT2D eigenvalue weighted by atomic mass is 10.2. The van der Waals surface area contributed by atoms with E-state index in [9.17, 15) is 17.2 Å². The average molecular weight is 301 g/mol. The van der Waals surface area contributed by atoms with E-state index in [1.165, 1.54) is 6.92 Å². The second kappa shape index (κ2) is 4.11. The van der Waals surface area contributed by atoms with Gasteiger partial charge in [-0.25, -0.2) is 27.3 Å². The number of alkyl halides is 2. The molecule has 0 aliphatic heterocycles. The number of hydrogen-bond acceptors (Lipinski definition) is 3. The molecular formula is C7H7BrF2N2O2S. The van der Waals surface area contributed by atoms with E-state index in [2.05, 4.69) is 20.9 Å². The van der Waals surface area contributed by atoms with Gasteiger partial charge >= 0.3 is 0 Å². The maximum atomic E-state index is 12.6. The fourth-order valence-electron chi connectivity index (χ4n) is 1.05. The topological polar surface area (TPSA) is 73.0 Å². The molecule has 1 heterocycles. The van der Waals surface area contributed by atoms with Gasteiger partial charge in [-0.2, -0.15) is 0 Å². The Morgan fingerprint density at radius 3 is 2.47 bits per heavy atom. The molecule has 0 radical (unpaired) electrons. The fourth-order valence-corrected chi connectivity index (χ4v) is 2.12. The molecule has 1 rings (SSSR count). The molecule has 0 aromatic carbocycles. The zero-order valence-electron chi connectivity index (χ0n) is 7.54. The molecule has 0 aliphatic rings. The lowest BCUT2D eigenvalue weighted by Crippen LogP contribution is -2.17. The number of sulfonamides is 1. The third kappa shape index (κ3) is 2.50. The summed E-state index contributed by atoms with van der Waals surface area (Å²) >= 11 is 2.98. The summed E-state index contributed by atoms with van der Waals surface area (Å²) in [5.41, 5.74) is -0.545. The SMILES string of the molecule is Cc1c(Br)cnc(S(N)(=O)=O)c1C(F)F. The van der Waals surface area contributed by atoms with Crippen LogP contribution in [0.4, 0.5) is 8.78 Å². The summed E-state index contributed by atoms with van der Waals surface area (Å²) in [7, 11) is -4.23. The lowest BCUT2D eigenvalue weighted by Gasteiger charge is -2.10. The molecule has 0 unspecified atom stereocenters. The van der Waals surface area contributed by atoms with Crippen LogP contribution in [-0.2, 0) is 10.0 Å². The molecular weight excluding hydrogens is 294 g/mol. The van der Waals surface area contributed by atoms with Crippen LogP contribution in [0.1, 0.15) is 17.6 Å². The van der Waals surface area contributed by atoms with Gasteiger partial charge in [-0.3, -0.25) is 0 Å². The Bertz CT molecular complexity index is 490. The standard InChI is InChI=1S/C7H7BrF2N2O2S/c1-3-4(8)2-12-7(15(11,13)14)5(3)6(9)10/h2,6H,1H3,(H2,11,13,14). The zero-order valence-corrected chi connectivity index (χ0v) is 9.94. The summed E-state index contributed by atoms with van der Waals surface area (Å²) in [6, 6.07) is 0. The van der Waals surface area contributed by atoms with Crippen molar-refractivity contribution >= 4 is 26.0 Å². The van der Waals surface area contributed by atoms with Gasteiger partial charge < -0.3 is 0 Å². The van der Waals surface area contributed by atoms with Crippen LogP contribution >= 0.6 is 15.9 Å². The minimum atomic E-state index is -4.23. The van der Waals surface area contributed by atoms with Gasteiger partial charge in [0.15, 0.2) is 5.03 Å². The first-order valence-electron chi connectivity index (χ1n) is 3.71. The lowest BCUT2D eigenvalue weighted by molar-refractivity contribution is 0.146. The number of nitrogens with two attached hydrogens (primary N) is 1. The number of primary sulfonamides is 1. The highest BCUT2D eigenvalue weighted by Gasteiger charge is 2.25. The van der Waals surface area contributed by atoms with Crippen molar-refractivity contribution in [2.24, 2.45) is 5.14 Å². The van der Waals surface area contributed by atoms with Gasteiger partial charge in [-0.05, 0) is 28.4 Å². The molecule has 1 aromatic heterocycles. The second-order valence-corrected chi connectivity index (χ2v) is 5.13. The molecule has 15 heavy (non-hydrogen) atoms. The largest absolute Gasteiger partial charge is 0.266 e. The molecule has 0 amide bonds. The van der Waals surface area contributed by atoms with E-state index >= 15 is 0 Å². The van der Waals surface area contributed by atoms with E-state index in [0.29, 0.717) is 4.47 Å². The summed E-state index contributed by atoms with van der Waals surface area (Å²) in [6.45, 7) is 1.36. The molecule has 8 heteroatoms. The van der Waals surface area contributed by atoms with Gasteiger partial charge in [0, 0.05) is 10.7 Å². The molecule has 2 N–H and O–H groups in total. The summed E-state index contributed by atoms with van der Waals surface area (Å²) in [6.07, 6.45) is -1.82. The van der Waals surface area contributed by atoms with Crippen LogP contribution in [0.3, 0.4) is 0 Å². The van der Waals surface area contributed by atoms with E-state index in [4.69, 9.17) is 5.14 Å². The number of nitrogens with zero attached hydrogens (tertiary/aromatic N) is 1. The Balaban J connectivity index is 3.62. The Morgan fingerprint density at radius 2 is 2.07 bits per heavy atom. The van der Waals surface area contributed by atoms with Gasteiger partial charge in [-0.1, -0.05) is 0 Å². The van der Waals surface area contributed by atoms with Gasteiger partial charge in [0.2, 0.25) is 0 Å². The third-order valence-electron chi connectivity index (χ3n) is 1.78. The monoisotopic (exact) mass is 300 g/mol. The molecule has 0 saturated heterocycles. The predicted octanol–water partition coefficient (Wildman–Crippen LogP) is 1.74. The quantitative estimate of drug-likeness (QED) is 0.904. The van der Waals surface area contributed by atoms with E-state index in [1.54, 1.807) is 0 Å². The molecule has 0 bridgehead atoms. The summed E-state index contributed by atoms with van der Waals surface area (Å²) in [4.78, 5) is 3.39. The molecule has 4 nitrogen and oxygen atoms in total. The van der Waals surface area contributed by atoms with Gasteiger partial charge in [0.05, 0.1) is 5.56 Å². The van der Waals surface area contributed by atoms with Crippen LogP contribution in [0.15, 0.2) is 15.7 Å². The van der Waals surface area contributed by atoms with E-state index < -0.39 is 27.0 Å². The average Bonchev–Trinajstić information content (AvgIpc) is 2.06. The van der Waals surface area contributed by atoms with Crippen molar-refractivity contribution in [1.82, 2.24) is 4.98 Å². The van der Waals surface area contributed by atoms with Crippen molar-refractivity contribution in [2.75, 3.05) is 0 Å². The summed E-state index contributed by atoms with van der Waals surface area (Å²) in [5.74, 6) is 0. The summed E-state index contributed by atoms with van der Waals surface area (Å²) < 4.78 is 47.5. The highest BCUT2D eigenvalue weighted by atomic mass is 79.9. The Labute approximate surface area is 93.7 Å². The maximum Gasteiger partial charge on any atom is 0.266 e. The van der Waals surface area contributed by atoms with Crippen LogP contribution in [0, 0.1) is 6.92 Å². The normalized spacial score (nSPS) is 12.1. The van der Waals surface area contributed by atoms with Crippen LogP contribution in [0.25, 0.3) is 0 Å². The minimum Gasteiger partial charge on any atom is -0.242 e. The number of pyridine rings is 1. The molecule has 0 saturated carbocycles. The second-order valence-electron chi connectivity index (χ2n) is 2.80.